The van der Waals surface area contributed by atoms with Crippen LogP contribution in [0.5, 0.6) is 0 Å². The van der Waals surface area contributed by atoms with Gasteiger partial charge >= 0.3 is 0 Å². The van der Waals surface area contributed by atoms with Crippen LogP contribution >= 0.6 is 0 Å². The van der Waals surface area contributed by atoms with E-state index in [1.807, 2.05) is 0 Å². The molecule has 0 aliphatic rings. The second-order valence-corrected chi connectivity index (χ2v) is 4.77. The molecule has 0 aromatic heterocycles. The van der Waals surface area contributed by atoms with Gasteiger partial charge in [-0.05, 0) is 27.4 Å². The number of hydrogen-bond acceptors (Lipinski definition) is 3. The van der Waals surface area contributed by atoms with E-state index >= 15 is 0 Å². The van der Waals surface area contributed by atoms with Gasteiger partial charge in [0.05, 0.1) is 13.2 Å². The van der Waals surface area contributed by atoms with Crippen LogP contribution < -0.4 is 5.32 Å². The van der Waals surface area contributed by atoms with Gasteiger partial charge in [0, 0.05) is 19.1 Å². The fourth-order valence-corrected chi connectivity index (χ4v) is 1.53. The van der Waals surface area contributed by atoms with E-state index in [-0.39, 0.29) is 0 Å². The highest BCUT2D eigenvalue weighted by atomic mass is 16.5. The number of unbranched alkanes of at least 4 members (excludes halogenated alkanes) is 2. The monoisotopic (exact) mass is 230 g/mol. The third kappa shape index (κ3) is 12.0. The van der Waals surface area contributed by atoms with Crippen molar-refractivity contribution in [2.24, 2.45) is 0 Å². The van der Waals surface area contributed by atoms with Crippen molar-refractivity contribution in [3.8, 4) is 0 Å². The van der Waals surface area contributed by atoms with Gasteiger partial charge in [-0.3, -0.25) is 0 Å². The van der Waals surface area contributed by atoms with Crippen LogP contribution in [-0.2, 0) is 4.74 Å². The van der Waals surface area contributed by atoms with Crippen LogP contribution in [0.1, 0.15) is 39.5 Å². The van der Waals surface area contributed by atoms with Gasteiger partial charge in [-0.2, -0.15) is 0 Å². The molecule has 0 saturated heterocycles. The van der Waals surface area contributed by atoms with Gasteiger partial charge in [0.1, 0.15) is 0 Å². The number of likely N-dealkylation sites (N-methyl/N-ethyl adjacent to an activating group) is 1. The summed E-state index contributed by atoms with van der Waals surface area (Å²) in [6.45, 7) is 8.14. The van der Waals surface area contributed by atoms with Crippen molar-refractivity contribution in [2.75, 3.05) is 40.4 Å². The maximum absolute atomic E-state index is 5.52. The lowest BCUT2D eigenvalue weighted by Gasteiger charge is -2.14. The van der Waals surface area contributed by atoms with E-state index in [0.29, 0.717) is 6.04 Å². The minimum Gasteiger partial charge on any atom is -0.379 e. The van der Waals surface area contributed by atoms with Crippen LogP contribution in [0.2, 0.25) is 0 Å². The Labute approximate surface area is 102 Å². The number of hydrogen-bond donors (Lipinski definition) is 1. The van der Waals surface area contributed by atoms with Crippen molar-refractivity contribution in [1.82, 2.24) is 10.2 Å². The smallest absolute Gasteiger partial charge is 0.0593 e. The summed E-state index contributed by atoms with van der Waals surface area (Å²) in [6, 6.07) is 0.629. The first-order chi connectivity index (χ1) is 7.66. The Hall–Kier alpha value is -0.120. The summed E-state index contributed by atoms with van der Waals surface area (Å²) in [5.41, 5.74) is 0. The van der Waals surface area contributed by atoms with Gasteiger partial charge in [-0.1, -0.05) is 26.2 Å². The molecule has 0 aliphatic carbocycles. The van der Waals surface area contributed by atoms with Crippen LogP contribution in [0.3, 0.4) is 0 Å². The Kier molecular flexibility index (Phi) is 11.3. The molecule has 1 unspecified atom stereocenters. The molecule has 0 fully saturated rings. The standard InChI is InChI=1S/C13H30N2O/c1-5-6-7-8-13(2)14-9-11-16-12-10-15(3)4/h13-14H,5-12H2,1-4H3. The minimum absolute atomic E-state index is 0.629. The van der Waals surface area contributed by atoms with Crippen molar-refractivity contribution >= 4 is 0 Å². The summed E-state index contributed by atoms with van der Waals surface area (Å²) in [5, 5.41) is 3.49. The maximum atomic E-state index is 5.52. The molecule has 0 aromatic carbocycles. The zero-order valence-corrected chi connectivity index (χ0v) is 11.6. The zero-order chi connectivity index (χ0) is 12.2. The SMILES string of the molecule is CCCCCC(C)NCCOCCN(C)C. The molecule has 0 amide bonds. The molecule has 1 atom stereocenters. The Morgan fingerprint density at radius 1 is 1.19 bits per heavy atom. The van der Waals surface area contributed by atoms with E-state index in [0.717, 1.165) is 26.3 Å². The Balaban J connectivity index is 3.12. The third-order valence-corrected chi connectivity index (χ3v) is 2.66. The molecular weight excluding hydrogens is 200 g/mol. The van der Waals surface area contributed by atoms with Crippen LogP contribution in [0, 0.1) is 0 Å². The van der Waals surface area contributed by atoms with E-state index in [1.165, 1.54) is 25.7 Å². The van der Waals surface area contributed by atoms with Crippen LogP contribution in [0.25, 0.3) is 0 Å². The first-order valence-corrected chi connectivity index (χ1v) is 6.62. The molecule has 0 rings (SSSR count). The molecule has 0 spiro atoms. The molecule has 0 aromatic rings. The van der Waals surface area contributed by atoms with E-state index in [1.54, 1.807) is 0 Å². The summed E-state index contributed by atoms with van der Waals surface area (Å²) in [4.78, 5) is 2.14. The lowest BCUT2D eigenvalue weighted by Crippen LogP contribution is -2.30. The van der Waals surface area contributed by atoms with Gasteiger partial charge in [0.2, 0.25) is 0 Å². The van der Waals surface area contributed by atoms with E-state index in [2.05, 4.69) is 38.2 Å². The minimum atomic E-state index is 0.629. The second kappa shape index (κ2) is 11.4. The van der Waals surface area contributed by atoms with Gasteiger partial charge in [-0.15, -0.1) is 0 Å². The first-order valence-electron chi connectivity index (χ1n) is 6.62. The van der Waals surface area contributed by atoms with Crippen molar-refractivity contribution in [3.05, 3.63) is 0 Å². The third-order valence-electron chi connectivity index (χ3n) is 2.66. The van der Waals surface area contributed by atoms with Gasteiger partial charge in [0.25, 0.3) is 0 Å². The molecule has 0 heterocycles. The molecular formula is C13H30N2O. The summed E-state index contributed by atoms with van der Waals surface area (Å²) >= 11 is 0. The Bertz CT molecular complexity index is 140. The Morgan fingerprint density at radius 2 is 1.94 bits per heavy atom. The van der Waals surface area contributed by atoms with Crippen molar-refractivity contribution in [1.29, 1.82) is 0 Å². The number of rotatable bonds is 11. The normalized spacial score (nSPS) is 13.3. The molecule has 0 aliphatic heterocycles. The zero-order valence-electron chi connectivity index (χ0n) is 11.6. The molecule has 0 bridgehead atoms. The average Bonchev–Trinajstić information content (AvgIpc) is 2.23. The predicted octanol–water partition coefficient (Wildman–Crippen LogP) is 2.12. The molecule has 3 nitrogen and oxygen atoms in total. The number of nitrogens with zero attached hydrogens (tertiary/aromatic N) is 1. The van der Waals surface area contributed by atoms with Crippen LogP contribution in [0.4, 0.5) is 0 Å². The highest BCUT2D eigenvalue weighted by molar-refractivity contribution is 4.60. The summed E-state index contributed by atoms with van der Waals surface area (Å²) in [6.07, 6.45) is 5.28. The number of nitrogens with one attached hydrogen (secondary N) is 1. The van der Waals surface area contributed by atoms with Crippen LogP contribution in [0.15, 0.2) is 0 Å². The second-order valence-electron chi connectivity index (χ2n) is 4.77. The Morgan fingerprint density at radius 3 is 2.56 bits per heavy atom. The lowest BCUT2D eigenvalue weighted by molar-refractivity contribution is 0.117. The highest BCUT2D eigenvalue weighted by Crippen LogP contribution is 2.02. The largest absolute Gasteiger partial charge is 0.379 e. The predicted molar refractivity (Wildman–Crippen MR) is 71.0 cm³/mol. The van der Waals surface area contributed by atoms with E-state index in [9.17, 15) is 0 Å². The first kappa shape index (κ1) is 15.9. The van der Waals surface area contributed by atoms with Crippen LogP contribution in [-0.4, -0.2) is 51.3 Å². The van der Waals surface area contributed by atoms with E-state index < -0.39 is 0 Å². The number of ether oxygens (including phenoxy) is 1. The average molecular weight is 230 g/mol. The summed E-state index contributed by atoms with van der Waals surface area (Å²) in [5.74, 6) is 0. The molecule has 98 valence electrons. The van der Waals surface area contributed by atoms with Crippen molar-refractivity contribution in [2.45, 2.75) is 45.6 Å². The molecule has 3 heteroatoms. The van der Waals surface area contributed by atoms with E-state index in [4.69, 9.17) is 4.74 Å². The fourth-order valence-electron chi connectivity index (χ4n) is 1.53. The van der Waals surface area contributed by atoms with Gasteiger partial charge < -0.3 is 15.0 Å². The summed E-state index contributed by atoms with van der Waals surface area (Å²) < 4.78 is 5.52. The molecule has 16 heavy (non-hydrogen) atoms. The topological polar surface area (TPSA) is 24.5 Å². The van der Waals surface area contributed by atoms with Gasteiger partial charge in [0.15, 0.2) is 0 Å². The van der Waals surface area contributed by atoms with Crippen molar-refractivity contribution in [3.63, 3.8) is 0 Å². The van der Waals surface area contributed by atoms with Gasteiger partial charge in [-0.25, -0.2) is 0 Å². The summed E-state index contributed by atoms with van der Waals surface area (Å²) in [7, 11) is 4.13. The molecule has 1 N–H and O–H groups in total. The molecule has 0 radical (unpaired) electrons. The van der Waals surface area contributed by atoms with Crippen molar-refractivity contribution < 1.29 is 4.74 Å². The molecule has 0 saturated carbocycles. The lowest BCUT2D eigenvalue weighted by atomic mass is 10.1. The maximum Gasteiger partial charge on any atom is 0.0593 e. The fraction of sp³-hybridized carbons (Fsp3) is 1.00. The quantitative estimate of drug-likeness (QED) is 0.550. The highest BCUT2D eigenvalue weighted by Gasteiger charge is 1.99.